The zero-order chi connectivity index (χ0) is 17.6. The number of rotatable bonds is 4. The molecule has 1 unspecified atom stereocenters. The van der Waals surface area contributed by atoms with Gasteiger partial charge in [0.2, 0.25) is 5.91 Å². The number of piperidine rings is 1. The minimum absolute atomic E-state index is 0.199. The normalized spacial score (nSPS) is 24.1. The predicted molar refractivity (Wildman–Crippen MR) is 91.5 cm³/mol. The summed E-state index contributed by atoms with van der Waals surface area (Å²) < 4.78 is 7.27. The third kappa shape index (κ3) is 2.76. The molecule has 1 atom stereocenters. The van der Waals surface area contributed by atoms with Gasteiger partial charge in [-0.3, -0.25) is 9.69 Å². The van der Waals surface area contributed by atoms with Crippen LogP contribution in [-0.4, -0.2) is 50.0 Å². The Bertz CT molecular complexity index is 776. The lowest BCUT2D eigenvalue weighted by Crippen LogP contribution is -2.66. The molecule has 7 heteroatoms. The van der Waals surface area contributed by atoms with Crippen molar-refractivity contribution in [3.63, 3.8) is 0 Å². The van der Waals surface area contributed by atoms with Crippen LogP contribution in [-0.2, 0) is 24.9 Å². The Morgan fingerprint density at radius 2 is 2.12 bits per heavy atom. The first-order valence-corrected chi connectivity index (χ1v) is 8.87. The number of aryl methyl sites for hydroxylation is 3. The zero-order valence-corrected chi connectivity index (χ0v) is 15.2. The van der Waals surface area contributed by atoms with Gasteiger partial charge in [0, 0.05) is 38.4 Å². The Balaban J connectivity index is 1.41. The number of nitrogens with zero attached hydrogens (tertiary/aromatic N) is 5. The molecule has 2 fully saturated rings. The summed E-state index contributed by atoms with van der Waals surface area (Å²) in [4.78, 5) is 21.5. The number of amides is 1. The average Bonchev–Trinajstić information content (AvgIpc) is 3.14. The summed E-state index contributed by atoms with van der Waals surface area (Å²) in [6.45, 7) is 8.03. The van der Waals surface area contributed by atoms with Crippen molar-refractivity contribution in [2.75, 3.05) is 19.6 Å². The molecule has 0 aromatic carbocycles. The van der Waals surface area contributed by atoms with Crippen molar-refractivity contribution >= 4 is 5.91 Å². The first-order valence-electron chi connectivity index (χ1n) is 8.87. The van der Waals surface area contributed by atoms with Gasteiger partial charge in [-0.15, -0.1) is 0 Å². The van der Waals surface area contributed by atoms with Crippen molar-refractivity contribution in [1.82, 2.24) is 24.5 Å². The fraction of sp³-hybridized carbons (Fsp3) is 0.611. The van der Waals surface area contributed by atoms with Crippen LogP contribution >= 0.6 is 0 Å². The van der Waals surface area contributed by atoms with Crippen molar-refractivity contribution in [2.45, 2.75) is 39.8 Å². The molecule has 2 aromatic rings. The molecule has 7 nitrogen and oxygen atoms in total. The summed E-state index contributed by atoms with van der Waals surface area (Å²) in [7, 11) is 2.02. The fourth-order valence-electron chi connectivity index (χ4n) is 4.23. The van der Waals surface area contributed by atoms with E-state index in [1.165, 1.54) is 5.69 Å². The number of aromatic nitrogens is 3. The van der Waals surface area contributed by atoms with Gasteiger partial charge in [0.05, 0.1) is 29.7 Å². The van der Waals surface area contributed by atoms with Gasteiger partial charge in [0.25, 0.3) is 0 Å². The van der Waals surface area contributed by atoms with E-state index in [2.05, 4.69) is 15.0 Å². The molecule has 25 heavy (non-hydrogen) atoms. The van der Waals surface area contributed by atoms with E-state index in [-0.39, 0.29) is 11.3 Å². The first kappa shape index (κ1) is 16.3. The largest absolute Gasteiger partial charge is 0.361 e. The number of imidazole rings is 1. The Labute approximate surface area is 147 Å². The molecule has 1 amide bonds. The minimum atomic E-state index is -0.199. The molecular formula is C18H25N5O2. The van der Waals surface area contributed by atoms with Crippen molar-refractivity contribution in [3.8, 4) is 0 Å². The van der Waals surface area contributed by atoms with Gasteiger partial charge in [0.15, 0.2) is 0 Å². The van der Waals surface area contributed by atoms with E-state index in [1.54, 1.807) is 0 Å². The third-order valence-corrected chi connectivity index (χ3v) is 5.72. The zero-order valence-electron chi connectivity index (χ0n) is 15.2. The average molecular weight is 343 g/mol. The molecule has 2 saturated heterocycles. The predicted octanol–water partition coefficient (Wildman–Crippen LogP) is 1.65. The quantitative estimate of drug-likeness (QED) is 0.790. The number of β-lactam (4-membered cyclic amide) rings is 1. The molecule has 4 heterocycles. The molecule has 2 aliphatic rings. The van der Waals surface area contributed by atoms with Gasteiger partial charge in [-0.25, -0.2) is 4.98 Å². The Morgan fingerprint density at radius 3 is 2.76 bits per heavy atom. The Kier molecular flexibility index (Phi) is 3.91. The van der Waals surface area contributed by atoms with E-state index >= 15 is 0 Å². The van der Waals surface area contributed by atoms with Gasteiger partial charge in [-0.2, -0.15) is 0 Å². The molecule has 2 aliphatic heterocycles. The smallest absolute Gasteiger partial charge is 0.232 e. The maximum absolute atomic E-state index is 12.9. The second kappa shape index (κ2) is 5.98. The molecular weight excluding hydrogens is 318 g/mol. The van der Waals surface area contributed by atoms with Gasteiger partial charge < -0.3 is 14.0 Å². The SMILES string of the molecule is Cc1noc(C)c1CN1CC2(CCCN(Cc3cncn3C)C2)C1=O. The Morgan fingerprint density at radius 1 is 1.28 bits per heavy atom. The number of hydrogen-bond donors (Lipinski definition) is 0. The highest BCUT2D eigenvalue weighted by Crippen LogP contribution is 2.41. The number of carbonyl (C=O) groups is 1. The van der Waals surface area contributed by atoms with E-state index < -0.39 is 0 Å². The lowest BCUT2D eigenvalue weighted by atomic mass is 9.72. The highest BCUT2D eigenvalue weighted by molar-refractivity contribution is 5.89. The second-order valence-electron chi connectivity index (χ2n) is 7.55. The molecule has 2 aromatic heterocycles. The maximum atomic E-state index is 12.9. The molecule has 4 rings (SSSR count). The molecule has 1 spiro atoms. The summed E-state index contributed by atoms with van der Waals surface area (Å²) in [6.07, 6.45) is 5.80. The van der Waals surface area contributed by atoms with Crippen LogP contribution in [0, 0.1) is 19.3 Å². The van der Waals surface area contributed by atoms with Crippen LogP contribution in [0.4, 0.5) is 0 Å². The topological polar surface area (TPSA) is 67.4 Å². The minimum Gasteiger partial charge on any atom is -0.361 e. The molecule has 134 valence electrons. The van der Waals surface area contributed by atoms with Crippen LogP contribution in [0.15, 0.2) is 17.0 Å². The van der Waals surface area contributed by atoms with Crippen LogP contribution in [0.5, 0.6) is 0 Å². The van der Waals surface area contributed by atoms with E-state index in [1.807, 2.05) is 42.9 Å². The van der Waals surface area contributed by atoms with Gasteiger partial charge in [0.1, 0.15) is 5.76 Å². The molecule has 0 aliphatic carbocycles. The van der Waals surface area contributed by atoms with E-state index in [0.717, 1.165) is 56.0 Å². The monoisotopic (exact) mass is 343 g/mol. The molecule has 0 bridgehead atoms. The van der Waals surface area contributed by atoms with E-state index in [4.69, 9.17) is 4.52 Å². The van der Waals surface area contributed by atoms with Crippen LogP contribution in [0.1, 0.15) is 35.6 Å². The summed E-state index contributed by atoms with van der Waals surface area (Å²) in [6, 6.07) is 0. The van der Waals surface area contributed by atoms with Crippen molar-refractivity contribution in [1.29, 1.82) is 0 Å². The van der Waals surface area contributed by atoms with Crippen LogP contribution < -0.4 is 0 Å². The molecule has 0 N–H and O–H groups in total. The number of carbonyl (C=O) groups excluding carboxylic acids is 1. The standard InChI is InChI=1S/C18H25N5O2/c1-13-16(14(2)25-20-13)9-23-11-18(17(23)24)5-4-6-22(10-18)8-15-7-19-12-21(15)3/h7,12H,4-6,8-11H2,1-3H3. The van der Waals surface area contributed by atoms with Crippen molar-refractivity contribution in [2.24, 2.45) is 12.5 Å². The Hall–Kier alpha value is -2.15. The number of likely N-dealkylation sites (tertiary alicyclic amines) is 2. The highest BCUT2D eigenvalue weighted by atomic mass is 16.5. The highest BCUT2D eigenvalue weighted by Gasteiger charge is 2.53. The van der Waals surface area contributed by atoms with Gasteiger partial charge >= 0.3 is 0 Å². The van der Waals surface area contributed by atoms with E-state index in [0.29, 0.717) is 6.54 Å². The summed E-state index contributed by atoms with van der Waals surface area (Å²) in [5.41, 5.74) is 2.92. The van der Waals surface area contributed by atoms with Gasteiger partial charge in [-0.05, 0) is 33.2 Å². The van der Waals surface area contributed by atoms with Crippen LogP contribution in [0.25, 0.3) is 0 Å². The molecule has 0 saturated carbocycles. The van der Waals surface area contributed by atoms with Crippen LogP contribution in [0.2, 0.25) is 0 Å². The van der Waals surface area contributed by atoms with Crippen LogP contribution in [0.3, 0.4) is 0 Å². The lowest BCUT2D eigenvalue weighted by Gasteiger charge is -2.53. The van der Waals surface area contributed by atoms with E-state index in [9.17, 15) is 4.79 Å². The number of hydrogen-bond acceptors (Lipinski definition) is 5. The van der Waals surface area contributed by atoms with Gasteiger partial charge in [-0.1, -0.05) is 5.16 Å². The fourth-order valence-corrected chi connectivity index (χ4v) is 4.23. The second-order valence-corrected chi connectivity index (χ2v) is 7.55. The summed E-state index contributed by atoms with van der Waals surface area (Å²) in [5.74, 6) is 1.09. The first-order chi connectivity index (χ1) is 12.0. The van der Waals surface area contributed by atoms with Crippen molar-refractivity contribution in [3.05, 3.63) is 35.2 Å². The maximum Gasteiger partial charge on any atom is 0.232 e. The summed E-state index contributed by atoms with van der Waals surface area (Å²) in [5, 5.41) is 3.99. The van der Waals surface area contributed by atoms with Crippen molar-refractivity contribution < 1.29 is 9.32 Å². The summed E-state index contributed by atoms with van der Waals surface area (Å²) >= 11 is 0. The third-order valence-electron chi connectivity index (χ3n) is 5.72. The lowest BCUT2D eigenvalue weighted by molar-refractivity contribution is -0.167. The molecule has 0 radical (unpaired) electrons.